The van der Waals surface area contributed by atoms with Crippen LogP contribution in [0, 0.1) is 5.82 Å². The molecule has 7 heteroatoms. The van der Waals surface area contributed by atoms with Crippen molar-refractivity contribution in [2.45, 2.75) is 37.9 Å². The van der Waals surface area contributed by atoms with Crippen LogP contribution in [-0.2, 0) is 31.2 Å². The van der Waals surface area contributed by atoms with Crippen molar-refractivity contribution in [3.05, 3.63) is 53.3 Å². The number of ether oxygens (including phenoxy) is 2. The topological polar surface area (TPSA) is 61.8 Å². The lowest BCUT2D eigenvalue weighted by Crippen LogP contribution is -2.25. The van der Waals surface area contributed by atoms with Gasteiger partial charge in [0.2, 0.25) is 0 Å². The van der Waals surface area contributed by atoms with Crippen molar-refractivity contribution in [2.24, 2.45) is 0 Å². The molecular weight excluding hydrogens is 383 g/mol. The van der Waals surface area contributed by atoms with Gasteiger partial charge in [0, 0.05) is 12.7 Å². The van der Waals surface area contributed by atoms with Gasteiger partial charge < -0.3 is 9.47 Å². The van der Waals surface area contributed by atoms with Crippen LogP contribution in [0.3, 0.4) is 0 Å². The van der Waals surface area contributed by atoms with Crippen molar-refractivity contribution >= 4 is 10.1 Å². The molecule has 152 valence electrons. The molecule has 0 bridgehead atoms. The summed E-state index contributed by atoms with van der Waals surface area (Å²) in [6, 6.07) is 10.0. The fraction of sp³-hybridized carbons (Fsp3) is 0.429. The molecule has 0 heterocycles. The van der Waals surface area contributed by atoms with Gasteiger partial charge in [-0.3, -0.25) is 4.18 Å². The fourth-order valence-corrected chi connectivity index (χ4v) is 4.19. The van der Waals surface area contributed by atoms with E-state index in [1.807, 2.05) is 6.07 Å². The van der Waals surface area contributed by atoms with Crippen molar-refractivity contribution in [1.82, 2.24) is 0 Å². The second kappa shape index (κ2) is 8.19. The average Bonchev–Trinajstić information content (AvgIpc) is 3.16. The molecule has 0 amide bonds. The summed E-state index contributed by atoms with van der Waals surface area (Å²) in [5, 5.41) is 0. The van der Waals surface area contributed by atoms with Crippen molar-refractivity contribution in [3.8, 4) is 16.9 Å². The maximum Gasteiger partial charge on any atom is 0.264 e. The Kier molecular flexibility index (Phi) is 6.07. The highest BCUT2D eigenvalue weighted by atomic mass is 32.2. The molecule has 1 aliphatic carbocycles. The van der Waals surface area contributed by atoms with Gasteiger partial charge in [0.25, 0.3) is 10.1 Å². The van der Waals surface area contributed by atoms with Crippen molar-refractivity contribution in [2.75, 3.05) is 20.5 Å². The SMILES string of the molecule is COc1ccc(F)c(-c2ccc(COS(C)(=O)=O)cc2C2(OC)CCCC2)c1. The predicted octanol–water partition coefficient (Wildman–Crippen LogP) is 4.39. The highest BCUT2D eigenvalue weighted by Gasteiger charge is 2.38. The summed E-state index contributed by atoms with van der Waals surface area (Å²) in [7, 11) is -0.359. The van der Waals surface area contributed by atoms with E-state index in [1.165, 1.54) is 13.2 Å². The van der Waals surface area contributed by atoms with Crippen LogP contribution in [0.25, 0.3) is 11.1 Å². The van der Waals surface area contributed by atoms with Gasteiger partial charge in [-0.25, -0.2) is 4.39 Å². The van der Waals surface area contributed by atoms with Crippen LogP contribution >= 0.6 is 0 Å². The highest BCUT2D eigenvalue weighted by molar-refractivity contribution is 7.85. The van der Waals surface area contributed by atoms with Crippen LogP contribution < -0.4 is 4.74 Å². The van der Waals surface area contributed by atoms with Gasteiger partial charge in [-0.05, 0) is 53.8 Å². The molecule has 3 rings (SSSR count). The van der Waals surface area contributed by atoms with E-state index in [9.17, 15) is 12.8 Å². The van der Waals surface area contributed by atoms with Crippen molar-refractivity contribution in [3.63, 3.8) is 0 Å². The molecule has 0 N–H and O–H groups in total. The first kappa shape index (κ1) is 20.8. The molecule has 2 aromatic rings. The van der Waals surface area contributed by atoms with Gasteiger partial charge in [0.15, 0.2) is 0 Å². The van der Waals surface area contributed by atoms with E-state index in [0.29, 0.717) is 22.4 Å². The van der Waals surface area contributed by atoms with E-state index >= 15 is 0 Å². The van der Waals surface area contributed by atoms with Gasteiger partial charge in [0.05, 0.1) is 25.6 Å². The monoisotopic (exact) mass is 408 g/mol. The standard InChI is InChI=1S/C21H25FO5S/c1-25-16-7-9-20(22)18(13-16)17-8-6-15(14-27-28(3,23)24)12-19(17)21(26-2)10-4-5-11-21/h6-9,12-13H,4-5,10-11,14H2,1-3H3. The maximum absolute atomic E-state index is 14.7. The van der Waals surface area contributed by atoms with Crippen LogP contribution in [0.2, 0.25) is 0 Å². The summed E-state index contributed by atoms with van der Waals surface area (Å²) in [6.07, 6.45) is 4.67. The zero-order chi connectivity index (χ0) is 20.4. The fourth-order valence-electron chi connectivity index (χ4n) is 3.84. The Hall–Kier alpha value is -1.96. The minimum atomic E-state index is -3.56. The molecule has 0 spiro atoms. The Bertz CT molecular complexity index is 949. The Labute approximate surface area is 165 Å². The van der Waals surface area contributed by atoms with E-state index in [-0.39, 0.29) is 12.4 Å². The first-order valence-electron chi connectivity index (χ1n) is 9.15. The molecule has 1 aliphatic rings. The quantitative estimate of drug-likeness (QED) is 0.636. The third-order valence-corrected chi connectivity index (χ3v) is 5.83. The molecule has 0 saturated heterocycles. The maximum atomic E-state index is 14.7. The van der Waals surface area contributed by atoms with Gasteiger partial charge in [-0.2, -0.15) is 8.42 Å². The lowest BCUT2D eigenvalue weighted by Gasteiger charge is -2.31. The van der Waals surface area contributed by atoms with E-state index in [1.54, 1.807) is 31.4 Å². The molecular formula is C21H25FO5S. The van der Waals surface area contributed by atoms with Crippen LogP contribution in [0.5, 0.6) is 5.75 Å². The summed E-state index contributed by atoms with van der Waals surface area (Å²) >= 11 is 0. The van der Waals surface area contributed by atoms with Gasteiger partial charge in [-0.1, -0.05) is 25.0 Å². The Morgan fingerprint density at radius 1 is 1.04 bits per heavy atom. The summed E-state index contributed by atoms with van der Waals surface area (Å²) in [5.74, 6) is 0.205. The third kappa shape index (κ3) is 4.37. The Morgan fingerprint density at radius 3 is 2.36 bits per heavy atom. The van der Waals surface area contributed by atoms with Crippen LogP contribution in [-0.4, -0.2) is 28.9 Å². The van der Waals surface area contributed by atoms with Crippen molar-refractivity contribution in [1.29, 1.82) is 0 Å². The molecule has 0 radical (unpaired) electrons. The lowest BCUT2D eigenvalue weighted by atomic mass is 9.84. The molecule has 28 heavy (non-hydrogen) atoms. The Morgan fingerprint density at radius 2 is 1.75 bits per heavy atom. The second-order valence-corrected chi connectivity index (χ2v) is 8.74. The largest absolute Gasteiger partial charge is 0.497 e. The Balaban J connectivity index is 2.14. The smallest absolute Gasteiger partial charge is 0.264 e. The number of benzene rings is 2. The zero-order valence-electron chi connectivity index (χ0n) is 16.3. The molecule has 0 aliphatic heterocycles. The molecule has 1 saturated carbocycles. The molecule has 0 atom stereocenters. The van der Waals surface area contributed by atoms with Crippen LogP contribution in [0.1, 0.15) is 36.8 Å². The van der Waals surface area contributed by atoms with E-state index in [2.05, 4.69) is 0 Å². The van der Waals surface area contributed by atoms with E-state index < -0.39 is 15.7 Å². The predicted molar refractivity (Wildman–Crippen MR) is 105 cm³/mol. The molecule has 5 nitrogen and oxygen atoms in total. The minimum absolute atomic E-state index is 0.0769. The first-order valence-corrected chi connectivity index (χ1v) is 11.0. The average molecular weight is 408 g/mol. The lowest BCUT2D eigenvalue weighted by molar-refractivity contribution is -0.00832. The zero-order valence-corrected chi connectivity index (χ0v) is 17.1. The summed E-state index contributed by atoms with van der Waals surface area (Å²) in [5.41, 5.74) is 2.13. The van der Waals surface area contributed by atoms with E-state index in [0.717, 1.165) is 37.5 Å². The molecule has 2 aromatic carbocycles. The highest BCUT2D eigenvalue weighted by Crippen LogP contribution is 2.46. The normalized spacial score (nSPS) is 16.3. The number of halogens is 1. The minimum Gasteiger partial charge on any atom is -0.497 e. The van der Waals surface area contributed by atoms with Crippen LogP contribution in [0.15, 0.2) is 36.4 Å². The van der Waals surface area contributed by atoms with E-state index in [4.69, 9.17) is 13.7 Å². The second-order valence-electron chi connectivity index (χ2n) is 7.10. The number of methoxy groups -OCH3 is 2. The van der Waals surface area contributed by atoms with Gasteiger partial charge in [-0.15, -0.1) is 0 Å². The molecule has 0 unspecified atom stereocenters. The summed E-state index contributed by atoms with van der Waals surface area (Å²) in [4.78, 5) is 0. The number of hydrogen-bond donors (Lipinski definition) is 0. The van der Waals surface area contributed by atoms with Gasteiger partial charge >= 0.3 is 0 Å². The molecule has 0 aromatic heterocycles. The number of hydrogen-bond acceptors (Lipinski definition) is 5. The third-order valence-electron chi connectivity index (χ3n) is 5.28. The van der Waals surface area contributed by atoms with Crippen molar-refractivity contribution < 1.29 is 26.5 Å². The van der Waals surface area contributed by atoms with Gasteiger partial charge in [0.1, 0.15) is 11.6 Å². The number of rotatable bonds is 7. The summed E-state index contributed by atoms with van der Waals surface area (Å²) < 4.78 is 53.5. The van der Waals surface area contributed by atoms with Crippen LogP contribution in [0.4, 0.5) is 4.39 Å². The molecule has 1 fully saturated rings. The summed E-state index contributed by atoms with van der Waals surface area (Å²) in [6.45, 7) is -0.0769. The first-order chi connectivity index (χ1) is 13.3.